The van der Waals surface area contributed by atoms with Crippen molar-refractivity contribution in [3.63, 3.8) is 0 Å². The van der Waals surface area contributed by atoms with Gasteiger partial charge in [0.25, 0.3) is 0 Å². The van der Waals surface area contributed by atoms with Crippen LogP contribution in [-0.2, 0) is 0 Å². The number of carbonyl (C=O) groups excluding carboxylic acids is 2. The molecule has 1 aliphatic rings. The molecule has 160 valence electrons. The summed E-state index contributed by atoms with van der Waals surface area (Å²) in [5.74, 6) is -2.93. The summed E-state index contributed by atoms with van der Waals surface area (Å²) in [6, 6.07) is 3.98. The summed E-state index contributed by atoms with van der Waals surface area (Å²) < 4.78 is 52.1. The fraction of sp³-hybridized carbons (Fsp3) is 0.316. The van der Waals surface area contributed by atoms with Crippen LogP contribution in [0.1, 0.15) is 22.0 Å². The third kappa shape index (κ3) is 3.63. The number of amides is 2. The average Bonchev–Trinajstić information content (AvgIpc) is 2.72. The molecule has 3 N–H and O–H groups in total. The molecule has 3 rings (SSSR count). The number of Topliss-reactive ketones (excluding diaryl/α,β-unsaturated/α-hetero) is 1. The molecule has 0 radical (unpaired) electrons. The zero-order chi connectivity index (χ0) is 22.1. The molecule has 0 unspecified atom stereocenters. The maximum Gasteiger partial charge on any atom is 0.437 e. The number of aliphatic hydroxyl groups is 1. The normalized spacial score (nSPS) is 23.9. The van der Waals surface area contributed by atoms with Gasteiger partial charge >= 0.3 is 12.2 Å². The molecule has 0 spiro atoms. The molecule has 2 amide bonds. The minimum Gasteiger partial charge on any atom is -0.497 e. The lowest BCUT2D eigenvalue weighted by atomic mass is 9.77. The second kappa shape index (κ2) is 7.82. The van der Waals surface area contributed by atoms with Crippen LogP contribution in [0.3, 0.4) is 0 Å². The van der Waals surface area contributed by atoms with Gasteiger partial charge in [-0.05, 0) is 30.3 Å². The van der Waals surface area contributed by atoms with Crippen molar-refractivity contribution in [1.82, 2.24) is 15.6 Å². The number of methoxy groups -OCH3 is 2. The number of benzene rings is 1. The van der Waals surface area contributed by atoms with Gasteiger partial charge in [-0.1, -0.05) is 0 Å². The smallest absolute Gasteiger partial charge is 0.437 e. The molecular weight excluding hydrogens is 407 g/mol. The minimum atomic E-state index is -5.36. The summed E-state index contributed by atoms with van der Waals surface area (Å²) in [5, 5.41) is 14.3. The van der Waals surface area contributed by atoms with Crippen molar-refractivity contribution in [2.24, 2.45) is 5.92 Å². The second-order valence-corrected chi connectivity index (χ2v) is 6.53. The maximum atomic E-state index is 13.9. The predicted octanol–water partition coefficient (Wildman–Crippen LogP) is 2.20. The molecule has 1 fully saturated rings. The van der Waals surface area contributed by atoms with E-state index in [2.05, 4.69) is 10.3 Å². The van der Waals surface area contributed by atoms with Crippen LogP contribution in [0, 0.1) is 5.92 Å². The molecule has 1 aromatic carbocycles. The van der Waals surface area contributed by atoms with Crippen LogP contribution >= 0.6 is 0 Å². The number of nitrogens with one attached hydrogen (secondary N) is 2. The SMILES string of the molecule is COc1ccc(OC)c([C@@H]2NC(=O)N[C@@](O)(C(F)(F)F)[C@H]2C(=O)c2cccnc2)c1. The number of alkyl halides is 3. The van der Waals surface area contributed by atoms with Crippen LogP contribution in [0.25, 0.3) is 0 Å². The highest BCUT2D eigenvalue weighted by atomic mass is 19.4. The van der Waals surface area contributed by atoms with Crippen LogP contribution in [0.4, 0.5) is 18.0 Å². The van der Waals surface area contributed by atoms with Crippen LogP contribution < -0.4 is 20.1 Å². The number of pyridine rings is 1. The standard InChI is InChI=1S/C19H18F3N3O5/c1-29-11-5-6-13(30-2)12(8-11)15-14(16(26)10-4-3-7-23-9-10)18(28,19(20,21)22)25-17(27)24-15/h3-9,14-15,28H,1-2H3,(H2,24,25,27)/t14-,15+,18+/m1/s1. The molecule has 2 aromatic rings. The van der Waals surface area contributed by atoms with Crippen molar-refractivity contribution in [2.75, 3.05) is 14.2 Å². The zero-order valence-electron chi connectivity index (χ0n) is 15.9. The van der Waals surface area contributed by atoms with Gasteiger partial charge in [0.15, 0.2) is 5.78 Å². The van der Waals surface area contributed by atoms with Crippen LogP contribution in [0.15, 0.2) is 42.7 Å². The topological polar surface area (TPSA) is 110 Å². The van der Waals surface area contributed by atoms with E-state index >= 15 is 0 Å². The Balaban J connectivity index is 2.23. The molecule has 8 nitrogen and oxygen atoms in total. The molecule has 1 aliphatic heterocycles. The van der Waals surface area contributed by atoms with Crippen LogP contribution in [0.2, 0.25) is 0 Å². The molecule has 1 aromatic heterocycles. The van der Waals surface area contributed by atoms with Crippen molar-refractivity contribution in [1.29, 1.82) is 0 Å². The predicted molar refractivity (Wildman–Crippen MR) is 97.0 cm³/mol. The Hall–Kier alpha value is -3.34. The molecule has 0 aliphatic carbocycles. The third-order valence-corrected chi connectivity index (χ3v) is 4.81. The number of rotatable bonds is 5. The molecule has 1 saturated heterocycles. The first-order valence-corrected chi connectivity index (χ1v) is 8.66. The monoisotopic (exact) mass is 425 g/mol. The fourth-order valence-corrected chi connectivity index (χ4v) is 3.37. The molecular formula is C19H18F3N3O5. The van der Waals surface area contributed by atoms with Gasteiger partial charge in [-0.2, -0.15) is 13.2 Å². The maximum absolute atomic E-state index is 13.9. The Morgan fingerprint density at radius 2 is 1.97 bits per heavy atom. The average molecular weight is 425 g/mol. The van der Waals surface area contributed by atoms with Gasteiger partial charge in [-0.25, -0.2) is 4.79 Å². The van der Waals surface area contributed by atoms with Crippen molar-refractivity contribution < 1.29 is 37.3 Å². The Morgan fingerprint density at radius 3 is 2.53 bits per heavy atom. The zero-order valence-corrected chi connectivity index (χ0v) is 15.9. The quantitative estimate of drug-likeness (QED) is 0.634. The molecule has 2 heterocycles. The van der Waals surface area contributed by atoms with Gasteiger partial charge < -0.3 is 25.2 Å². The molecule has 0 bridgehead atoms. The van der Waals surface area contributed by atoms with E-state index in [-0.39, 0.29) is 22.6 Å². The lowest BCUT2D eigenvalue weighted by Gasteiger charge is -2.45. The molecule has 3 atom stereocenters. The summed E-state index contributed by atoms with van der Waals surface area (Å²) in [4.78, 5) is 29.0. The number of aromatic nitrogens is 1. The van der Waals surface area contributed by atoms with Gasteiger partial charge in [-0.3, -0.25) is 9.78 Å². The number of carbonyl (C=O) groups is 2. The summed E-state index contributed by atoms with van der Waals surface area (Å²) in [5.41, 5.74) is -3.99. The number of urea groups is 1. The van der Waals surface area contributed by atoms with Gasteiger partial charge in [-0.15, -0.1) is 0 Å². The van der Waals surface area contributed by atoms with E-state index in [1.54, 1.807) is 0 Å². The van der Waals surface area contributed by atoms with Gasteiger partial charge in [0.05, 0.1) is 20.3 Å². The summed E-state index contributed by atoms with van der Waals surface area (Å²) in [7, 11) is 2.62. The first kappa shape index (κ1) is 21.4. The minimum absolute atomic E-state index is 0.0246. The Kier molecular flexibility index (Phi) is 5.57. The van der Waals surface area contributed by atoms with E-state index in [9.17, 15) is 27.9 Å². The molecule has 11 heteroatoms. The third-order valence-electron chi connectivity index (χ3n) is 4.81. The lowest BCUT2D eigenvalue weighted by molar-refractivity contribution is -0.287. The highest BCUT2D eigenvalue weighted by Gasteiger charge is 2.66. The van der Waals surface area contributed by atoms with Crippen molar-refractivity contribution in [3.05, 3.63) is 53.9 Å². The second-order valence-electron chi connectivity index (χ2n) is 6.53. The number of halogens is 3. The molecule has 30 heavy (non-hydrogen) atoms. The highest BCUT2D eigenvalue weighted by Crippen LogP contribution is 2.46. The van der Waals surface area contributed by atoms with Crippen molar-refractivity contribution in [2.45, 2.75) is 17.9 Å². The first-order chi connectivity index (χ1) is 14.1. The van der Waals surface area contributed by atoms with E-state index in [0.29, 0.717) is 0 Å². The summed E-state index contributed by atoms with van der Waals surface area (Å²) in [6.45, 7) is 0. The van der Waals surface area contributed by atoms with Gasteiger partial charge in [0, 0.05) is 23.5 Å². The number of hydrogen-bond donors (Lipinski definition) is 3. The largest absolute Gasteiger partial charge is 0.497 e. The number of hydrogen-bond acceptors (Lipinski definition) is 6. The van der Waals surface area contributed by atoms with Gasteiger partial charge in [0.1, 0.15) is 17.4 Å². The van der Waals surface area contributed by atoms with E-state index < -0.39 is 35.7 Å². The lowest BCUT2D eigenvalue weighted by Crippen LogP contribution is -2.72. The van der Waals surface area contributed by atoms with Crippen molar-refractivity contribution >= 4 is 11.8 Å². The van der Waals surface area contributed by atoms with Crippen molar-refractivity contribution in [3.8, 4) is 11.5 Å². The van der Waals surface area contributed by atoms with Crippen LogP contribution in [0.5, 0.6) is 11.5 Å². The fourth-order valence-electron chi connectivity index (χ4n) is 3.37. The summed E-state index contributed by atoms with van der Waals surface area (Å²) >= 11 is 0. The number of ketones is 1. The molecule has 0 saturated carbocycles. The first-order valence-electron chi connectivity index (χ1n) is 8.66. The Labute approximate surface area is 169 Å². The highest BCUT2D eigenvalue weighted by molar-refractivity contribution is 6.00. The van der Waals surface area contributed by atoms with Crippen LogP contribution in [-0.4, -0.2) is 48.0 Å². The van der Waals surface area contributed by atoms with Gasteiger partial charge in [0.2, 0.25) is 5.72 Å². The van der Waals surface area contributed by atoms with E-state index in [4.69, 9.17) is 9.47 Å². The Morgan fingerprint density at radius 1 is 1.23 bits per heavy atom. The Bertz CT molecular complexity index is 954. The summed E-state index contributed by atoms with van der Waals surface area (Å²) in [6.07, 6.45) is -2.94. The van der Waals surface area contributed by atoms with E-state index in [1.807, 2.05) is 0 Å². The van der Waals surface area contributed by atoms with E-state index in [1.165, 1.54) is 56.1 Å². The number of nitrogens with zero attached hydrogens (tertiary/aromatic N) is 1. The number of ether oxygens (including phenoxy) is 2. The van der Waals surface area contributed by atoms with E-state index in [0.717, 1.165) is 6.20 Å².